The molecular weight excluding hydrogens is 265 g/mol. The van der Waals surface area contributed by atoms with Crippen LogP contribution in [-0.4, -0.2) is 29.5 Å². The molecule has 0 fully saturated rings. The van der Waals surface area contributed by atoms with Gasteiger partial charge in [0.15, 0.2) is 0 Å². The summed E-state index contributed by atoms with van der Waals surface area (Å²) in [4.78, 5) is 11.5. The van der Waals surface area contributed by atoms with E-state index in [0.717, 1.165) is 12.1 Å². The standard InChI is InChI=1S/C11H13F3N2O3/c1-6(17)9(15)10(18)16-7-3-2-4-8(5-7)19-11(12,13)14/h2-6,9,17H,15H2,1H3,(H,16,18). The van der Waals surface area contributed by atoms with Crippen LogP contribution in [0, 0.1) is 0 Å². The summed E-state index contributed by atoms with van der Waals surface area (Å²) in [5.41, 5.74) is 5.46. The van der Waals surface area contributed by atoms with Gasteiger partial charge in [-0.1, -0.05) is 6.07 Å². The normalized spacial score (nSPS) is 14.6. The zero-order valence-electron chi connectivity index (χ0n) is 9.94. The Labute approximate surface area is 107 Å². The van der Waals surface area contributed by atoms with Crippen molar-refractivity contribution < 1.29 is 27.8 Å². The molecule has 0 aliphatic rings. The molecule has 106 valence electrons. The third-order valence-corrected chi connectivity index (χ3v) is 2.16. The Hall–Kier alpha value is -1.80. The number of ether oxygens (including phenoxy) is 1. The van der Waals surface area contributed by atoms with Gasteiger partial charge in [0.1, 0.15) is 11.8 Å². The van der Waals surface area contributed by atoms with E-state index in [1.807, 2.05) is 0 Å². The molecule has 0 radical (unpaired) electrons. The number of hydrogen-bond donors (Lipinski definition) is 3. The molecule has 1 amide bonds. The number of aliphatic hydroxyl groups is 1. The quantitative estimate of drug-likeness (QED) is 0.773. The van der Waals surface area contributed by atoms with Crippen LogP contribution in [0.3, 0.4) is 0 Å². The van der Waals surface area contributed by atoms with Crippen molar-refractivity contribution in [2.45, 2.75) is 25.4 Å². The fourth-order valence-corrected chi connectivity index (χ4v) is 1.22. The van der Waals surface area contributed by atoms with Crippen LogP contribution >= 0.6 is 0 Å². The fourth-order valence-electron chi connectivity index (χ4n) is 1.22. The van der Waals surface area contributed by atoms with Crippen LogP contribution in [0.5, 0.6) is 5.75 Å². The number of hydrogen-bond acceptors (Lipinski definition) is 4. The molecule has 0 aromatic heterocycles. The topological polar surface area (TPSA) is 84.6 Å². The summed E-state index contributed by atoms with van der Waals surface area (Å²) in [6, 6.07) is 3.57. The molecule has 0 saturated heterocycles. The van der Waals surface area contributed by atoms with E-state index in [1.165, 1.54) is 19.1 Å². The van der Waals surface area contributed by atoms with Crippen LogP contribution in [0.25, 0.3) is 0 Å². The third kappa shape index (κ3) is 5.14. The first kappa shape index (κ1) is 15.3. The number of nitrogens with one attached hydrogen (secondary N) is 1. The van der Waals surface area contributed by atoms with Crippen LogP contribution in [0.2, 0.25) is 0 Å². The maximum absolute atomic E-state index is 12.0. The van der Waals surface area contributed by atoms with Gasteiger partial charge in [-0.3, -0.25) is 4.79 Å². The van der Waals surface area contributed by atoms with Gasteiger partial charge < -0.3 is 20.9 Å². The highest BCUT2D eigenvalue weighted by Crippen LogP contribution is 2.25. The minimum absolute atomic E-state index is 0.0860. The van der Waals surface area contributed by atoms with E-state index >= 15 is 0 Å². The number of amides is 1. The number of anilines is 1. The summed E-state index contributed by atoms with van der Waals surface area (Å²) >= 11 is 0. The SMILES string of the molecule is CC(O)C(N)C(=O)Nc1cccc(OC(F)(F)F)c1. The molecule has 0 spiro atoms. The molecule has 0 heterocycles. The summed E-state index contributed by atoms with van der Waals surface area (Å²) in [6.45, 7) is 1.33. The molecule has 0 bridgehead atoms. The second-order valence-electron chi connectivity index (χ2n) is 3.83. The molecule has 2 unspecified atom stereocenters. The van der Waals surface area contributed by atoms with Crippen LogP contribution in [0.15, 0.2) is 24.3 Å². The van der Waals surface area contributed by atoms with Crippen molar-refractivity contribution >= 4 is 11.6 Å². The number of carbonyl (C=O) groups is 1. The number of nitrogens with two attached hydrogens (primary N) is 1. The van der Waals surface area contributed by atoms with Gasteiger partial charge in [-0.15, -0.1) is 13.2 Å². The summed E-state index contributed by atoms with van der Waals surface area (Å²) in [5.74, 6) is -1.17. The summed E-state index contributed by atoms with van der Waals surface area (Å²) in [5, 5.41) is 11.4. The summed E-state index contributed by atoms with van der Waals surface area (Å²) in [6.07, 6.45) is -5.88. The average molecular weight is 278 g/mol. The van der Waals surface area contributed by atoms with Crippen molar-refractivity contribution in [3.05, 3.63) is 24.3 Å². The molecule has 2 atom stereocenters. The minimum atomic E-state index is -4.81. The lowest BCUT2D eigenvalue weighted by Crippen LogP contribution is -2.43. The second-order valence-corrected chi connectivity index (χ2v) is 3.83. The number of carbonyl (C=O) groups excluding carboxylic acids is 1. The second kappa shape index (κ2) is 5.89. The monoisotopic (exact) mass is 278 g/mol. The molecule has 0 aliphatic carbocycles. The number of benzene rings is 1. The number of rotatable bonds is 4. The maximum atomic E-state index is 12.0. The Balaban J connectivity index is 2.75. The van der Waals surface area contributed by atoms with Gasteiger partial charge >= 0.3 is 6.36 Å². The summed E-state index contributed by atoms with van der Waals surface area (Å²) in [7, 11) is 0. The Bertz CT molecular complexity index is 449. The zero-order chi connectivity index (χ0) is 14.6. The molecule has 5 nitrogen and oxygen atoms in total. The Morgan fingerprint density at radius 3 is 2.63 bits per heavy atom. The lowest BCUT2D eigenvalue weighted by atomic mass is 10.2. The van der Waals surface area contributed by atoms with Crippen molar-refractivity contribution in [1.82, 2.24) is 0 Å². The highest BCUT2D eigenvalue weighted by atomic mass is 19.4. The largest absolute Gasteiger partial charge is 0.573 e. The highest BCUT2D eigenvalue weighted by Gasteiger charge is 2.31. The molecule has 1 rings (SSSR count). The van der Waals surface area contributed by atoms with Crippen molar-refractivity contribution in [2.24, 2.45) is 5.73 Å². The van der Waals surface area contributed by atoms with Crippen LogP contribution in [0.4, 0.5) is 18.9 Å². The number of halogens is 3. The lowest BCUT2D eigenvalue weighted by Gasteiger charge is -2.15. The van der Waals surface area contributed by atoms with Gasteiger partial charge in [-0.05, 0) is 19.1 Å². The summed E-state index contributed by atoms with van der Waals surface area (Å²) < 4.78 is 39.7. The predicted molar refractivity (Wildman–Crippen MR) is 61.4 cm³/mol. The van der Waals surface area contributed by atoms with E-state index in [1.54, 1.807) is 0 Å². The molecule has 1 aromatic rings. The van der Waals surface area contributed by atoms with Crippen LogP contribution < -0.4 is 15.8 Å². The first-order valence-corrected chi connectivity index (χ1v) is 5.29. The van der Waals surface area contributed by atoms with Gasteiger partial charge in [0, 0.05) is 11.8 Å². The lowest BCUT2D eigenvalue weighted by molar-refractivity contribution is -0.274. The molecule has 0 aliphatic heterocycles. The Morgan fingerprint density at radius 1 is 1.47 bits per heavy atom. The van der Waals surface area contributed by atoms with Gasteiger partial charge in [0.2, 0.25) is 5.91 Å². The van der Waals surface area contributed by atoms with Gasteiger partial charge in [0.25, 0.3) is 0 Å². The van der Waals surface area contributed by atoms with Crippen molar-refractivity contribution in [2.75, 3.05) is 5.32 Å². The minimum Gasteiger partial charge on any atom is -0.406 e. The Kier molecular flexibility index (Phi) is 4.73. The first-order valence-electron chi connectivity index (χ1n) is 5.29. The molecule has 0 saturated carbocycles. The van der Waals surface area contributed by atoms with E-state index in [4.69, 9.17) is 10.8 Å². The highest BCUT2D eigenvalue weighted by molar-refractivity contribution is 5.95. The van der Waals surface area contributed by atoms with Gasteiger partial charge in [0.05, 0.1) is 6.10 Å². The number of aliphatic hydroxyl groups excluding tert-OH is 1. The van der Waals surface area contributed by atoms with E-state index in [2.05, 4.69) is 10.1 Å². The Morgan fingerprint density at radius 2 is 2.11 bits per heavy atom. The molecule has 8 heteroatoms. The van der Waals surface area contributed by atoms with E-state index in [-0.39, 0.29) is 5.69 Å². The predicted octanol–water partition coefficient (Wildman–Crippen LogP) is 1.23. The molecule has 1 aromatic carbocycles. The maximum Gasteiger partial charge on any atom is 0.573 e. The molecular formula is C11H13F3N2O3. The van der Waals surface area contributed by atoms with Crippen LogP contribution in [0.1, 0.15) is 6.92 Å². The van der Waals surface area contributed by atoms with E-state index in [9.17, 15) is 18.0 Å². The smallest absolute Gasteiger partial charge is 0.406 e. The number of alkyl halides is 3. The zero-order valence-corrected chi connectivity index (χ0v) is 9.94. The molecule has 19 heavy (non-hydrogen) atoms. The van der Waals surface area contributed by atoms with Gasteiger partial charge in [-0.25, -0.2) is 0 Å². The first-order chi connectivity index (χ1) is 8.69. The van der Waals surface area contributed by atoms with Crippen LogP contribution in [-0.2, 0) is 4.79 Å². The van der Waals surface area contributed by atoms with E-state index in [0.29, 0.717) is 0 Å². The van der Waals surface area contributed by atoms with Crippen molar-refractivity contribution in [3.8, 4) is 5.75 Å². The molecule has 4 N–H and O–H groups in total. The van der Waals surface area contributed by atoms with Gasteiger partial charge in [-0.2, -0.15) is 0 Å². The average Bonchev–Trinajstić information content (AvgIpc) is 2.25. The van der Waals surface area contributed by atoms with Crippen molar-refractivity contribution in [3.63, 3.8) is 0 Å². The van der Waals surface area contributed by atoms with Crippen molar-refractivity contribution in [1.29, 1.82) is 0 Å². The van der Waals surface area contributed by atoms with E-state index < -0.39 is 30.2 Å². The fraction of sp³-hybridized carbons (Fsp3) is 0.364. The third-order valence-electron chi connectivity index (χ3n) is 2.16.